The Morgan fingerprint density at radius 3 is 0.606 bits per heavy atom. The van der Waals surface area contributed by atoms with E-state index in [0.717, 1.165) is 71.2 Å². The van der Waals surface area contributed by atoms with Gasteiger partial charge in [0.05, 0.1) is 45.5 Å². The Hall–Kier alpha value is -9.28. The summed E-state index contributed by atoms with van der Waals surface area (Å²) in [5, 5.41) is 21.4. The first kappa shape index (κ1) is 69.1. The van der Waals surface area contributed by atoms with E-state index in [1.54, 1.807) is 0 Å². The first-order valence-corrected chi connectivity index (χ1v) is 40.8. The molecule has 104 heavy (non-hydrogen) atoms. The molecule has 0 atom stereocenters. The molecule has 16 rings (SSSR count). The van der Waals surface area contributed by atoms with Gasteiger partial charge in [-0.1, -0.05) is 184 Å². The average molecular weight is 1430 g/mol. The van der Waals surface area contributed by atoms with Crippen LogP contribution in [-0.4, -0.2) is 0 Å². The number of fused-ring (bicyclic) bond motifs is 4. The summed E-state index contributed by atoms with van der Waals surface area (Å²) in [5.41, 5.74) is 23.9. The molecule has 8 heteroatoms. The second kappa shape index (κ2) is 26.4. The molecule has 0 saturated carbocycles. The van der Waals surface area contributed by atoms with Crippen molar-refractivity contribution in [2.45, 2.75) is 158 Å². The van der Waals surface area contributed by atoms with Crippen LogP contribution in [0, 0.1) is 0 Å². The lowest BCUT2D eigenvalue weighted by Gasteiger charge is -2.36. The highest BCUT2D eigenvalue weighted by atomic mass is 32.1. The van der Waals surface area contributed by atoms with Crippen molar-refractivity contribution in [2.24, 2.45) is 0 Å². The minimum Gasteiger partial charge on any atom is -0.309 e. The maximum absolute atomic E-state index is 2.64. The maximum atomic E-state index is 2.64. The highest BCUT2D eigenvalue weighted by Gasteiger charge is 2.33. The van der Waals surface area contributed by atoms with E-state index in [9.17, 15) is 0 Å². The third-order valence-corrected chi connectivity index (χ3v) is 25.5. The second-order valence-electron chi connectivity index (χ2n) is 32.4. The molecule has 0 aliphatic heterocycles. The second-order valence-corrected chi connectivity index (χ2v) is 36.2. The molecule has 4 aromatic heterocycles. The van der Waals surface area contributed by atoms with Crippen LogP contribution in [0.5, 0.6) is 0 Å². The smallest absolute Gasteiger partial charge is 0.0561 e. The first-order chi connectivity index (χ1) is 49.9. The highest BCUT2D eigenvalue weighted by molar-refractivity contribution is 7.18. The zero-order valence-corrected chi connectivity index (χ0v) is 66.5. The van der Waals surface area contributed by atoms with Crippen molar-refractivity contribution in [1.82, 2.24) is 0 Å². The van der Waals surface area contributed by atoms with Crippen LogP contribution in [0.3, 0.4) is 0 Å². The number of rotatable bonds is 16. The number of hydrogen-bond donors (Lipinski definition) is 0. The van der Waals surface area contributed by atoms with Gasteiger partial charge in [0.1, 0.15) is 0 Å². The Bertz CT molecular complexity index is 5170. The number of hydrogen-bond acceptors (Lipinski definition) is 8. The molecule has 0 spiro atoms. The van der Waals surface area contributed by atoms with Crippen LogP contribution >= 0.6 is 45.3 Å². The summed E-state index contributed by atoms with van der Waals surface area (Å²) in [5.74, 6) is 0. The Balaban J connectivity index is 1.13. The molecule has 0 fully saturated rings. The standard InChI is InChI=1S/C96H94N4S4/c1-17-67-71-49-53-101-87(71)45-41-79(67)97(63-29-21-59(22-30-63)93(5,6)7)83-57-84(98(64-31-23-60(24-32-64)94(8,9)10)80-42-46-88-72(50-54-102-88)68(80)18-2)76-39-40-78-86(100(66-35-27-62(28-36-66)96(14,15)16)82-44-48-90-74(52-56-104-90)70(82)20-4)58-85(77-38-37-75(83)91(76)92(77)78)99(65-33-25-61(26-34-65)95(11,12)13)81-43-47-89-73(51-55-103-89)69(81)19-3/h21-58H,17-20H2,1-16H3. The first-order valence-electron chi connectivity index (χ1n) is 37.3. The summed E-state index contributed by atoms with van der Waals surface area (Å²) in [7, 11) is 0. The minimum atomic E-state index is -0.0571. The van der Waals surface area contributed by atoms with Gasteiger partial charge in [-0.15, -0.1) is 45.3 Å². The van der Waals surface area contributed by atoms with Crippen LogP contribution in [0.25, 0.3) is 72.7 Å². The van der Waals surface area contributed by atoms with Crippen molar-refractivity contribution >= 4 is 186 Å². The van der Waals surface area contributed by atoms with Gasteiger partial charge in [-0.05, 0) is 268 Å². The van der Waals surface area contributed by atoms with Gasteiger partial charge >= 0.3 is 0 Å². The molecule has 0 aliphatic rings. The lowest BCUT2D eigenvalue weighted by molar-refractivity contribution is 0.590. The van der Waals surface area contributed by atoms with Crippen LogP contribution < -0.4 is 19.6 Å². The van der Waals surface area contributed by atoms with E-state index in [1.807, 2.05) is 45.3 Å². The van der Waals surface area contributed by atoms with Gasteiger partial charge in [-0.3, -0.25) is 0 Å². The Morgan fingerprint density at radius 1 is 0.221 bits per heavy atom. The van der Waals surface area contributed by atoms with Gasteiger partial charge < -0.3 is 19.6 Å². The lowest BCUT2D eigenvalue weighted by Crippen LogP contribution is -2.18. The molecular formula is C96H94N4S4. The van der Waals surface area contributed by atoms with E-state index in [1.165, 1.54) is 140 Å². The van der Waals surface area contributed by atoms with Crippen molar-refractivity contribution in [3.63, 3.8) is 0 Å². The van der Waals surface area contributed by atoms with Gasteiger partial charge in [0, 0.05) is 73.9 Å². The largest absolute Gasteiger partial charge is 0.309 e. The van der Waals surface area contributed by atoms with E-state index in [2.05, 4.69) is 358 Å². The molecule has 0 aliphatic carbocycles. The molecule has 0 saturated heterocycles. The fraction of sp³-hybridized carbons (Fsp3) is 0.250. The van der Waals surface area contributed by atoms with E-state index in [4.69, 9.17) is 0 Å². The zero-order chi connectivity index (χ0) is 72.5. The van der Waals surface area contributed by atoms with Crippen LogP contribution in [0.1, 0.15) is 155 Å². The molecule has 12 aromatic carbocycles. The monoisotopic (exact) mass is 1430 g/mol. The normalized spacial score (nSPS) is 12.6. The molecule has 522 valence electrons. The molecule has 0 amide bonds. The Kier molecular flexibility index (Phi) is 17.5. The van der Waals surface area contributed by atoms with Crippen LogP contribution in [0.2, 0.25) is 0 Å². The van der Waals surface area contributed by atoms with Crippen molar-refractivity contribution in [3.05, 3.63) is 272 Å². The third kappa shape index (κ3) is 11.8. The van der Waals surface area contributed by atoms with Gasteiger partial charge in [0.2, 0.25) is 0 Å². The zero-order valence-electron chi connectivity index (χ0n) is 63.2. The van der Waals surface area contributed by atoms with E-state index in [-0.39, 0.29) is 21.7 Å². The van der Waals surface area contributed by atoms with Crippen molar-refractivity contribution in [2.75, 3.05) is 19.6 Å². The van der Waals surface area contributed by atoms with Gasteiger partial charge in [0.15, 0.2) is 0 Å². The average Bonchev–Trinajstić information content (AvgIpc) is 0.744. The van der Waals surface area contributed by atoms with Gasteiger partial charge in [-0.2, -0.15) is 0 Å². The third-order valence-electron chi connectivity index (χ3n) is 22.0. The summed E-state index contributed by atoms with van der Waals surface area (Å²) < 4.78 is 5.20. The molecule has 16 aromatic rings. The number of benzene rings is 12. The SMILES string of the molecule is CCc1c(N(c2ccc(C(C)(C)C)cc2)c2cc(N(c3ccc(C(C)(C)C)cc3)c3ccc4sccc4c3CC)c3ccc4c(N(c5ccc(C(C)(C)C)cc5)c5ccc6sccc6c5CC)cc(N(c5ccc(C(C)(C)C)cc5)c5ccc6sccc6c5CC)c5ccc2c3c54)ccc2sccc12. The number of nitrogens with zero attached hydrogens (tertiary/aromatic N) is 4. The molecule has 0 bridgehead atoms. The summed E-state index contributed by atoms with van der Waals surface area (Å²) in [6, 6.07) is 81.9. The summed E-state index contributed by atoms with van der Waals surface area (Å²) in [4.78, 5) is 10.6. The predicted molar refractivity (Wildman–Crippen MR) is 463 cm³/mol. The van der Waals surface area contributed by atoms with E-state index >= 15 is 0 Å². The topological polar surface area (TPSA) is 13.0 Å². The highest BCUT2D eigenvalue weighted by Crippen LogP contribution is 2.58. The number of anilines is 12. The molecule has 0 N–H and O–H groups in total. The van der Waals surface area contributed by atoms with Crippen molar-refractivity contribution in [1.29, 1.82) is 0 Å². The Morgan fingerprint density at radius 2 is 0.423 bits per heavy atom. The number of thiophene rings is 4. The van der Waals surface area contributed by atoms with Gasteiger partial charge in [0.25, 0.3) is 0 Å². The predicted octanol–water partition coefficient (Wildman–Crippen LogP) is 30.8. The molecular weight excluding hydrogens is 1340 g/mol. The Labute approximate surface area is 631 Å². The fourth-order valence-electron chi connectivity index (χ4n) is 16.4. The lowest BCUT2D eigenvalue weighted by atomic mass is 9.86. The van der Waals surface area contributed by atoms with Crippen molar-refractivity contribution < 1.29 is 0 Å². The van der Waals surface area contributed by atoms with E-state index < -0.39 is 0 Å². The number of aryl methyl sites for hydroxylation is 4. The summed E-state index contributed by atoms with van der Waals surface area (Å²) in [6.45, 7) is 37.3. The van der Waals surface area contributed by atoms with Crippen molar-refractivity contribution in [3.8, 4) is 0 Å². The molecule has 0 radical (unpaired) electrons. The maximum Gasteiger partial charge on any atom is 0.0561 e. The quantitative estimate of drug-likeness (QED) is 0.0894. The summed E-state index contributed by atoms with van der Waals surface area (Å²) >= 11 is 7.31. The fourth-order valence-corrected chi connectivity index (χ4v) is 19.7. The summed E-state index contributed by atoms with van der Waals surface area (Å²) in [6.07, 6.45) is 3.41. The molecule has 0 unspecified atom stereocenters. The van der Waals surface area contributed by atoms with Crippen LogP contribution in [0.15, 0.2) is 228 Å². The van der Waals surface area contributed by atoms with Gasteiger partial charge in [-0.25, -0.2) is 0 Å². The van der Waals surface area contributed by atoms with Crippen LogP contribution in [0.4, 0.5) is 68.2 Å². The minimum absolute atomic E-state index is 0.0571. The van der Waals surface area contributed by atoms with E-state index in [0.29, 0.717) is 0 Å². The molecule has 4 heterocycles. The van der Waals surface area contributed by atoms with Crippen LogP contribution in [-0.2, 0) is 47.3 Å². The molecule has 4 nitrogen and oxygen atoms in total.